The van der Waals surface area contributed by atoms with Gasteiger partial charge in [0.15, 0.2) is 0 Å². The summed E-state index contributed by atoms with van der Waals surface area (Å²) in [7, 11) is 0. The van der Waals surface area contributed by atoms with Crippen molar-refractivity contribution in [3.8, 4) is 56.0 Å². The van der Waals surface area contributed by atoms with Crippen LogP contribution in [-0.4, -0.2) is 38.1 Å². The highest BCUT2D eigenvalue weighted by atomic mass is 16.6. The first kappa shape index (κ1) is 41.6. The summed E-state index contributed by atoms with van der Waals surface area (Å²) < 4.78 is 12.2. The molecule has 0 amide bonds. The number of nitrogen functional groups attached to an aromatic ring is 1. The molecule has 0 unspecified atom stereocenters. The van der Waals surface area contributed by atoms with E-state index in [4.69, 9.17) is 25.2 Å². The second-order valence-electron chi connectivity index (χ2n) is 17.0. The summed E-state index contributed by atoms with van der Waals surface area (Å²) in [6.45, 7) is 10.0. The number of anilines is 1. The standard InChI is InChI=1S/C54H50N6O4/c1-33(2)27-29-63-41-15-11-35(12-16-41)51-43-19-23-47(56-43)53(37-7-5-9-39(55)31-37)48-24-20-44(57-48)52(36-13-17-42(18-14-36)64-30-28-34(3)4)46-22-26-50(59-46)54(49-25-21-45(51)58-49)38-8-6-10-40(32-38)60(61)62/h5-26,31-34,56,59H,27-30,55H2,1-4H3. The first-order valence-corrected chi connectivity index (χ1v) is 21.8. The van der Waals surface area contributed by atoms with Crippen molar-refractivity contribution in [1.82, 2.24) is 19.9 Å². The van der Waals surface area contributed by atoms with Gasteiger partial charge >= 0.3 is 0 Å². The van der Waals surface area contributed by atoms with Gasteiger partial charge in [-0.05, 0) is 132 Å². The average Bonchev–Trinajstić information content (AvgIpc) is 4.13. The van der Waals surface area contributed by atoms with Crippen LogP contribution in [0.4, 0.5) is 11.4 Å². The maximum Gasteiger partial charge on any atom is 0.270 e. The number of ether oxygens (including phenoxy) is 2. The monoisotopic (exact) mass is 846 g/mol. The van der Waals surface area contributed by atoms with Crippen molar-refractivity contribution in [1.29, 1.82) is 0 Å². The van der Waals surface area contributed by atoms with Crippen molar-refractivity contribution >= 4 is 57.7 Å². The van der Waals surface area contributed by atoms with E-state index in [1.165, 1.54) is 6.07 Å². The average molecular weight is 847 g/mol. The van der Waals surface area contributed by atoms with Crippen LogP contribution >= 0.6 is 0 Å². The number of nitro benzene ring substituents is 1. The zero-order chi connectivity index (χ0) is 44.3. The van der Waals surface area contributed by atoms with Crippen molar-refractivity contribution in [2.24, 2.45) is 11.8 Å². The van der Waals surface area contributed by atoms with Gasteiger partial charge in [0.2, 0.25) is 0 Å². The molecule has 0 atom stereocenters. The van der Waals surface area contributed by atoms with Gasteiger partial charge in [0.05, 0.1) is 40.9 Å². The van der Waals surface area contributed by atoms with E-state index in [0.717, 1.165) is 102 Å². The Balaban J connectivity index is 1.35. The SMILES string of the molecule is CC(C)CCOc1ccc(-c2c3nc(c(-c4cccc([N+](=O)[O-])c4)c4ccc([nH]4)c(-c4ccc(OCCC(C)C)cc4)c4nc(c(-c5cccc(N)c5)c5ccc2[nH]5)C=C4)C=C3)cc1. The summed E-state index contributed by atoms with van der Waals surface area (Å²) in [5.74, 6) is 2.66. The third-order valence-corrected chi connectivity index (χ3v) is 11.5. The van der Waals surface area contributed by atoms with E-state index in [2.05, 4.69) is 80.1 Å². The molecule has 5 heterocycles. The normalized spacial score (nSPS) is 12.0. The summed E-state index contributed by atoms with van der Waals surface area (Å²) in [5, 5.41) is 12.1. The number of aromatic nitrogens is 4. The molecular weight excluding hydrogens is 797 g/mol. The molecule has 0 saturated carbocycles. The Labute approximate surface area is 372 Å². The number of nitrogens with one attached hydrogen (secondary N) is 2. The van der Waals surface area contributed by atoms with E-state index >= 15 is 0 Å². The van der Waals surface area contributed by atoms with E-state index in [0.29, 0.717) is 42.0 Å². The Bertz CT molecular complexity index is 3050. The number of nitro groups is 1. The van der Waals surface area contributed by atoms with Gasteiger partial charge in [-0.25, -0.2) is 9.97 Å². The van der Waals surface area contributed by atoms with Crippen LogP contribution in [0.3, 0.4) is 0 Å². The van der Waals surface area contributed by atoms with Crippen LogP contribution in [-0.2, 0) is 0 Å². The fourth-order valence-electron chi connectivity index (χ4n) is 8.15. The lowest BCUT2D eigenvalue weighted by Crippen LogP contribution is -2.01. The topological polar surface area (TPSA) is 145 Å². The molecule has 10 nitrogen and oxygen atoms in total. The van der Waals surface area contributed by atoms with Gasteiger partial charge in [-0.1, -0.05) is 76.2 Å². The van der Waals surface area contributed by atoms with Crippen LogP contribution < -0.4 is 15.2 Å². The number of fused-ring (bicyclic) bond motifs is 8. The number of hydrogen-bond acceptors (Lipinski definition) is 7. The Morgan fingerprint density at radius 3 is 1.31 bits per heavy atom. The first-order valence-electron chi connectivity index (χ1n) is 21.8. The molecule has 0 radical (unpaired) electrons. The molecule has 9 rings (SSSR count). The fourth-order valence-corrected chi connectivity index (χ4v) is 8.15. The smallest absolute Gasteiger partial charge is 0.270 e. The van der Waals surface area contributed by atoms with Crippen LogP contribution in [0.5, 0.6) is 11.5 Å². The number of H-pyrrole nitrogens is 2. The Morgan fingerprint density at radius 1 is 0.531 bits per heavy atom. The largest absolute Gasteiger partial charge is 0.494 e. The molecule has 10 heteroatoms. The van der Waals surface area contributed by atoms with Crippen molar-refractivity contribution in [3.05, 3.63) is 154 Å². The van der Waals surface area contributed by atoms with Crippen molar-refractivity contribution in [2.45, 2.75) is 40.5 Å². The predicted molar refractivity (Wildman–Crippen MR) is 262 cm³/mol. The van der Waals surface area contributed by atoms with E-state index in [1.54, 1.807) is 12.1 Å². The molecule has 0 fully saturated rings. The van der Waals surface area contributed by atoms with Gasteiger partial charge in [-0.3, -0.25) is 10.1 Å². The summed E-state index contributed by atoms with van der Waals surface area (Å²) in [6, 6.07) is 39.0. The zero-order valence-electron chi connectivity index (χ0n) is 36.4. The van der Waals surface area contributed by atoms with Gasteiger partial charge in [0.1, 0.15) is 11.5 Å². The molecule has 2 aliphatic rings. The van der Waals surface area contributed by atoms with Gasteiger partial charge in [0.25, 0.3) is 5.69 Å². The zero-order valence-corrected chi connectivity index (χ0v) is 36.4. The molecule has 3 aromatic heterocycles. The highest BCUT2D eigenvalue weighted by molar-refractivity contribution is 6.00. The van der Waals surface area contributed by atoms with Crippen LogP contribution in [0.1, 0.15) is 63.3 Å². The minimum absolute atomic E-state index is 0.0127. The van der Waals surface area contributed by atoms with Gasteiger partial charge < -0.3 is 25.2 Å². The number of rotatable bonds is 13. The molecule has 320 valence electrons. The third-order valence-electron chi connectivity index (χ3n) is 11.5. The molecule has 8 bridgehead atoms. The van der Waals surface area contributed by atoms with E-state index in [-0.39, 0.29) is 10.6 Å². The number of aromatic amines is 2. The second kappa shape index (κ2) is 17.9. The number of benzene rings is 4. The molecule has 2 aliphatic heterocycles. The second-order valence-corrected chi connectivity index (χ2v) is 17.0. The minimum atomic E-state index is -0.371. The molecule has 4 N–H and O–H groups in total. The van der Waals surface area contributed by atoms with Crippen molar-refractivity contribution < 1.29 is 14.4 Å². The van der Waals surface area contributed by atoms with E-state index in [9.17, 15) is 10.1 Å². The van der Waals surface area contributed by atoms with Crippen LogP contribution in [0.15, 0.2) is 121 Å². The quantitative estimate of drug-likeness (QED) is 0.0595. The molecular formula is C54H50N6O4. The van der Waals surface area contributed by atoms with Gasteiger partial charge in [-0.2, -0.15) is 0 Å². The van der Waals surface area contributed by atoms with E-state index < -0.39 is 0 Å². The van der Waals surface area contributed by atoms with Crippen molar-refractivity contribution in [3.63, 3.8) is 0 Å². The molecule has 7 aromatic rings. The van der Waals surface area contributed by atoms with Crippen LogP contribution in [0.2, 0.25) is 0 Å². The highest BCUT2D eigenvalue weighted by Gasteiger charge is 2.20. The molecule has 0 aliphatic carbocycles. The Kier molecular flexibility index (Phi) is 11.7. The Morgan fingerprint density at radius 2 is 0.922 bits per heavy atom. The summed E-state index contributed by atoms with van der Waals surface area (Å²) in [6.07, 6.45) is 10.0. The van der Waals surface area contributed by atoms with Gasteiger partial charge in [0, 0.05) is 62.1 Å². The van der Waals surface area contributed by atoms with Crippen molar-refractivity contribution in [2.75, 3.05) is 18.9 Å². The van der Waals surface area contributed by atoms with E-state index in [1.807, 2.05) is 85.0 Å². The lowest BCUT2D eigenvalue weighted by atomic mass is 10.0. The maximum atomic E-state index is 12.1. The first-order chi connectivity index (χ1) is 31.1. The molecule has 64 heavy (non-hydrogen) atoms. The molecule has 0 spiro atoms. The summed E-state index contributed by atoms with van der Waals surface area (Å²) >= 11 is 0. The molecule has 0 saturated heterocycles. The van der Waals surface area contributed by atoms with Crippen LogP contribution in [0, 0.1) is 22.0 Å². The number of non-ortho nitro benzene ring substituents is 1. The third kappa shape index (κ3) is 8.81. The maximum absolute atomic E-state index is 12.1. The lowest BCUT2D eigenvalue weighted by Gasteiger charge is -2.10. The van der Waals surface area contributed by atoms with Crippen LogP contribution in [0.25, 0.3) is 90.9 Å². The Hall–Kier alpha value is -7.72. The lowest BCUT2D eigenvalue weighted by molar-refractivity contribution is -0.384. The molecule has 4 aromatic carbocycles. The fraction of sp³-hybridized carbons (Fsp3) is 0.185. The summed E-state index contributed by atoms with van der Waals surface area (Å²) in [5.41, 5.74) is 20.0. The number of nitrogens with two attached hydrogens (primary N) is 1. The van der Waals surface area contributed by atoms with Gasteiger partial charge in [-0.15, -0.1) is 0 Å². The number of hydrogen-bond donors (Lipinski definition) is 3. The highest BCUT2D eigenvalue weighted by Crippen LogP contribution is 2.39. The predicted octanol–water partition coefficient (Wildman–Crippen LogP) is 13.7. The number of nitrogens with zero attached hydrogens (tertiary/aromatic N) is 3. The minimum Gasteiger partial charge on any atom is -0.494 e. The summed E-state index contributed by atoms with van der Waals surface area (Å²) in [4.78, 5) is 30.0.